The van der Waals surface area contributed by atoms with E-state index >= 15 is 0 Å². The summed E-state index contributed by atoms with van der Waals surface area (Å²) < 4.78 is 15.8. The maximum atomic E-state index is 12.7. The Morgan fingerprint density at radius 3 is 2.59 bits per heavy atom. The SMILES string of the molecule is COc1cc(/C=C/C(=O)N2CCN(Cc3noc(Cc4c[nH]c5ccccc45)n3)CC2)cc(OC)c1O. The van der Waals surface area contributed by atoms with E-state index in [1.54, 1.807) is 23.1 Å². The van der Waals surface area contributed by atoms with E-state index in [9.17, 15) is 9.90 Å². The number of amides is 1. The first-order valence-electron chi connectivity index (χ1n) is 12.0. The molecule has 192 valence electrons. The minimum atomic E-state index is -0.0776. The second-order valence-corrected chi connectivity index (χ2v) is 8.85. The Morgan fingerprint density at radius 2 is 1.86 bits per heavy atom. The Bertz CT molecular complexity index is 1390. The molecule has 0 aliphatic carbocycles. The Kier molecular flexibility index (Phi) is 7.09. The predicted molar refractivity (Wildman–Crippen MR) is 138 cm³/mol. The molecule has 0 radical (unpaired) electrons. The summed E-state index contributed by atoms with van der Waals surface area (Å²) in [7, 11) is 2.93. The van der Waals surface area contributed by atoms with Gasteiger partial charge in [0.05, 0.1) is 27.2 Å². The van der Waals surface area contributed by atoms with E-state index in [0.717, 1.165) is 16.5 Å². The molecule has 0 unspecified atom stereocenters. The molecule has 0 bridgehead atoms. The minimum Gasteiger partial charge on any atom is -0.502 e. The van der Waals surface area contributed by atoms with E-state index in [1.807, 2.05) is 24.4 Å². The van der Waals surface area contributed by atoms with Crippen molar-refractivity contribution in [3.63, 3.8) is 0 Å². The number of carbonyl (C=O) groups is 1. The molecule has 5 rings (SSSR count). The van der Waals surface area contributed by atoms with Crippen LogP contribution in [0.15, 0.2) is 53.2 Å². The number of phenolic OH excluding ortho intramolecular Hbond substituents is 1. The van der Waals surface area contributed by atoms with Gasteiger partial charge in [-0.3, -0.25) is 9.69 Å². The van der Waals surface area contributed by atoms with Gasteiger partial charge >= 0.3 is 0 Å². The van der Waals surface area contributed by atoms with Crippen LogP contribution < -0.4 is 9.47 Å². The zero-order chi connectivity index (χ0) is 25.8. The minimum absolute atomic E-state index is 0.0729. The molecular formula is C27H29N5O5. The summed E-state index contributed by atoms with van der Waals surface area (Å²) >= 11 is 0. The van der Waals surface area contributed by atoms with Crippen molar-refractivity contribution >= 4 is 22.9 Å². The first-order chi connectivity index (χ1) is 18.0. The number of nitrogens with zero attached hydrogens (tertiary/aromatic N) is 4. The Balaban J connectivity index is 1.13. The van der Waals surface area contributed by atoms with Crippen LogP contribution in [0.25, 0.3) is 17.0 Å². The molecule has 37 heavy (non-hydrogen) atoms. The van der Waals surface area contributed by atoms with E-state index in [0.29, 0.717) is 56.4 Å². The summed E-state index contributed by atoms with van der Waals surface area (Å²) in [4.78, 5) is 24.6. The number of methoxy groups -OCH3 is 2. The number of H-pyrrole nitrogens is 1. The molecule has 2 aromatic heterocycles. The van der Waals surface area contributed by atoms with Crippen molar-refractivity contribution in [3.05, 3.63) is 71.5 Å². The van der Waals surface area contributed by atoms with E-state index in [2.05, 4.69) is 26.1 Å². The summed E-state index contributed by atoms with van der Waals surface area (Å²) in [5.41, 5.74) is 2.90. The largest absolute Gasteiger partial charge is 0.502 e. The van der Waals surface area contributed by atoms with Gasteiger partial charge < -0.3 is 29.0 Å². The van der Waals surface area contributed by atoms with E-state index in [-0.39, 0.29) is 23.2 Å². The number of aromatic nitrogens is 3. The fourth-order valence-corrected chi connectivity index (χ4v) is 4.48. The Hall–Kier alpha value is -4.31. The molecule has 1 fully saturated rings. The number of hydrogen-bond acceptors (Lipinski definition) is 8. The number of para-hydroxylation sites is 1. The van der Waals surface area contributed by atoms with Crippen LogP contribution in [0.5, 0.6) is 17.2 Å². The standard InChI is InChI=1S/C27H29N5O5/c1-35-22-13-18(14-23(36-2)27(22)34)7-8-26(33)32-11-9-31(10-12-32)17-24-29-25(37-30-24)15-19-16-28-21-6-4-3-5-20(19)21/h3-8,13-14,16,28,34H,9-12,15,17H2,1-2H3/b8-7+. The van der Waals surface area contributed by atoms with Crippen LogP contribution in [-0.2, 0) is 17.8 Å². The molecule has 10 nitrogen and oxygen atoms in total. The van der Waals surface area contributed by atoms with E-state index in [4.69, 9.17) is 14.0 Å². The van der Waals surface area contributed by atoms with Crippen molar-refractivity contribution in [3.8, 4) is 17.2 Å². The lowest BCUT2D eigenvalue weighted by Gasteiger charge is -2.33. The van der Waals surface area contributed by atoms with Gasteiger partial charge in [-0.1, -0.05) is 23.4 Å². The van der Waals surface area contributed by atoms with Crippen LogP contribution in [-0.4, -0.2) is 76.3 Å². The molecule has 0 atom stereocenters. The van der Waals surface area contributed by atoms with Crippen molar-refractivity contribution in [2.24, 2.45) is 0 Å². The van der Waals surface area contributed by atoms with Gasteiger partial charge in [-0.2, -0.15) is 4.98 Å². The zero-order valence-corrected chi connectivity index (χ0v) is 20.8. The smallest absolute Gasteiger partial charge is 0.246 e. The molecule has 1 aliphatic heterocycles. The number of piperazine rings is 1. The average Bonchev–Trinajstić information content (AvgIpc) is 3.55. The maximum Gasteiger partial charge on any atom is 0.246 e. The third-order valence-corrected chi connectivity index (χ3v) is 6.50. The molecule has 1 saturated heterocycles. The first-order valence-corrected chi connectivity index (χ1v) is 12.0. The molecule has 0 saturated carbocycles. The predicted octanol–water partition coefficient (Wildman–Crippen LogP) is 3.22. The van der Waals surface area contributed by atoms with Crippen LogP contribution in [0.3, 0.4) is 0 Å². The summed E-state index contributed by atoms with van der Waals surface area (Å²) in [6, 6.07) is 11.4. The van der Waals surface area contributed by atoms with Gasteiger partial charge in [0.25, 0.3) is 0 Å². The van der Waals surface area contributed by atoms with Gasteiger partial charge in [-0.15, -0.1) is 0 Å². The van der Waals surface area contributed by atoms with Gasteiger partial charge in [0, 0.05) is 49.4 Å². The topological polar surface area (TPSA) is 117 Å². The van der Waals surface area contributed by atoms with Crippen molar-refractivity contribution in [2.75, 3.05) is 40.4 Å². The van der Waals surface area contributed by atoms with Crippen LogP contribution in [0.4, 0.5) is 0 Å². The monoisotopic (exact) mass is 503 g/mol. The Morgan fingerprint density at radius 1 is 1.14 bits per heavy atom. The normalized spacial score (nSPS) is 14.5. The molecule has 3 heterocycles. The number of benzene rings is 2. The van der Waals surface area contributed by atoms with Gasteiger partial charge in [-0.25, -0.2) is 0 Å². The molecule has 10 heteroatoms. The van der Waals surface area contributed by atoms with Gasteiger partial charge in [-0.05, 0) is 35.4 Å². The fraction of sp³-hybridized carbons (Fsp3) is 0.296. The maximum absolute atomic E-state index is 12.7. The first kappa shape index (κ1) is 24.4. The number of ether oxygens (including phenoxy) is 2. The van der Waals surface area contributed by atoms with Crippen molar-refractivity contribution in [1.82, 2.24) is 24.9 Å². The molecule has 1 amide bonds. The summed E-state index contributed by atoms with van der Waals surface area (Å²) in [5.74, 6) is 1.64. The zero-order valence-electron chi connectivity index (χ0n) is 20.8. The molecule has 0 spiro atoms. The highest BCUT2D eigenvalue weighted by molar-refractivity contribution is 5.92. The summed E-state index contributed by atoms with van der Waals surface area (Å²) in [6.45, 7) is 3.21. The Labute approximate surface area is 214 Å². The van der Waals surface area contributed by atoms with Crippen LogP contribution in [0, 0.1) is 0 Å². The number of rotatable bonds is 8. The van der Waals surface area contributed by atoms with Crippen molar-refractivity contribution in [2.45, 2.75) is 13.0 Å². The third kappa shape index (κ3) is 5.44. The van der Waals surface area contributed by atoms with Gasteiger partial charge in [0.15, 0.2) is 17.3 Å². The number of nitrogens with one attached hydrogen (secondary N) is 1. The highest BCUT2D eigenvalue weighted by atomic mass is 16.5. The summed E-state index contributed by atoms with van der Waals surface area (Å²) in [6.07, 6.45) is 5.77. The number of aromatic amines is 1. The third-order valence-electron chi connectivity index (χ3n) is 6.50. The highest BCUT2D eigenvalue weighted by Crippen LogP contribution is 2.37. The van der Waals surface area contributed by atoms with Gasteiger partial charge in [0.1, 0.15) is 0 Å². The summed E-state index contributed by atoms with van der Waals surface area (Å²) in [5, 5.41) is 15.4. The molecular weight excluding hydrogens is 474 g/mol. The second kappa shape index (κ2) is 10.8. The number of aromatic hydroxyl groups is 1. The van der Waals surface area contributed by atoms with Crippen LogP contribution in [0.1, 0.15) is 22.8 Å². The lowest BCUT2D eigenvalue weighted by Crippen LogP contribution is -2.47. The molecule has 4 aromatic rings. The number of hydrogen-bond donors (Lipinski definition) is 2. The fourth-order valence-electron chi connectivity index (χ4n) is 4.48. The van der Waals surface area contributed by atoms with E-state index in [1.165, 1.54) is 20.3 Å². The quantitative estimate of drug-likeness (QED) is 0.352. The van der Waals surface area contributed by atoms with Gasteiger partial charge in [0.2, 0.25) is 17.5 Å². The molecule has 2 aromatic carbocycles. The van der Waals surface area contributed by atoms with Crippen molar-refractivity contribution < 1.29 is 23.9 Å². The second-order valence-electron chi connectivity index (χ2n) is 8.85. The van der Waals surface area contributed by atoms with Crippen LogP contribution >= 0.6 is 0 Å². The lowest BCUT2D eigenvalue weighted by atomic mass is 10.1. The van der Waals surface area contributed by atoms with Crippen molar-refractivity contribution in [1.29, 1.82) is 0 Å². The highest BCUT2D eigenvalue weighted by Gasteiger charge is 2.21. The lowest BCUT2D eigenvalue weighted by molar-refractivity contribution is -0.127. The number of fused-ring (bicyclic) bond motifs is 1. The molecule has 1 aliphatic rings. The number of phenols is 1. The van der Waals surface area contributed by atoms with Crippen LogP contribution in [0.2, 0.25) is 0 Å². The molecule has 2 N–H and O–H groups in total. The number of carbonyl (C=O) groups excluding carboxylic acids is 1. The van der Waals surface area contributed by atoms with E-state index < -0.39 is 0 Å². The average molecular weight is 504 g/mol.